The fourth-order valence-electron chi connectivity index (χ4n) is 2.19. The molecule has 4 nitrogen and oxygen atoms in total. The summed E-state index contributed by atoms with van der Waals surface area (Å²) < 4.78 is 2.05. The summed E-state index contributed by atoms with van der Waals surface area (Å²) in [6.45, 7) is 2.81. The number of halogens is 1. The Morgan fingerprint density at radius 3 is 2.95 bits per heavy atom. The van der Waals surface area contributed by atoms with Crippen LogP contribution in [0.1, 0.15) is 6.92 Å². The van der Waals surface area contributed by atoms with Gasteiger partial charge in [-0.15, -0.1) is 0 Å². The first kappa shape index (κ1) is 12.0. The number of phenols is 1. The molecule has 2 aromatic heterocycles. The van der Waals surface area contributed by atoms with Gasteiger partial charge in [0.1, 0.15) is 17.1 Å². The Kier molecular flexibility index (Phi) is 2.87. The number of phenolic OH excluding ortho intramolecular Hbond substituents is 1. The Morgan fingerprint density at radius 1 is 1.32 bits per heavy atom. The van der Waals surface area contributed by atoms with E-state index in [1.54, 1.807) is 30.6 Å². The fraction of sp³-hybridized carbons (Fsp3) is 0.143. The topological polar surface area (TPSA) is 50.9 Å². The zero-order valence-corrected chi connectivity index (χ0v) is 11.1. The van der Waals surface area contributed by atoms with E-state index >= 15 is 0 Å². The van der Waals surface area contributed by atoms with Gasteiger partial charge in [0, 0.05) is 18.3 Å². The van der Waals surface area contributed by atoms with Crippen molar-refractivity contribution in [3.63, 3.8) is 0 Å². The van der Waals surface area contributed by atoms with Crippen molar-refractivity contribution < 1.29 is 5.11 Å². The number of fused-ring (bicyclic) bond motifs is 1. The molecule has 3 rings (SSSR count). The largest absolute Gasteiger partial charge is 0.508 e. The number of pyridine rings is 1. The Morgan fingerprint density at radius 2 is 2.16 bits per heavy atom. The van der Waals surface area contributed by atoms with E-state index in [-0.39, 0.29) is 5.75 Å². The molecule has 0 aliphatic rings. The fourth-order valence-corrected chi connectivity index (χ4v) is 2.39. The molecule has 0 saturated carbocycles. The minimum Gasteiger partial charge on any atom is -0.508 e. The molecule has 0 amide bonds. The van der Waals surface area contributed by atoms with Crippen LogP contribution in [0.3, 0.4) is 0 Å². The Bertz CT molecular complexity index is 752. The molecule has 96 valence electrons. The second-order valence-electron chi connectivity index (χ2n) is 4.21. The van der Waals surface area contributed by atoms with Crippen LogP contribution in [0.4, 0.5) is 0 Å². The molecule has 3 aromatic rings. The number of hydrogen-bond acceptors (Lipinski definition) is 3. The van der Waals surface area contributed by atoms with E-state index in [2.05, 4.69) is 14.5 Å². The van der Waals surface area contributed by atoms with Crippen molar-refractivity contribution in [1.29, 1.82) is 0 Å². The number of rotatable bonds is 2. The number of aromatic nitrogens is 3. The third kappa shape index (κ3) is 1.94. The molecule has 2 heterocycles. The molecule has 0 spiro atoms. The molecule has 1 aromatic carbocycles. The molecule has 0 saturated heterocycles. The lowest BCUT2D eigenvalue weighted by Crippen LogP contribution is -1.97. The first-order chi connectivity index (χ1) is 9.20. The molecule has 0 fully saturated rings. The lowest BCUT2D eigenvalue weighted by Gasteiger charge is -2.08. The summed E-state index contributed by atoms with van der Waals surface area (Å²) in [6, 6.07) is 6.78. The lowest BCUT2D eigenvalue weighted by molar-refractivity contribution is 0.475. The average molecular weight is 274 g/mol. The van der Waals surface area contributed by atoms with Gasteiger partial charge in [0.2, 0.25) is 0 Å². The summed E-state index contributed by atoms with van der Waals surface area (Å²) in [5.74, 6) is 0.915. The maximum absolute atomic E-state index is 9.63. The van der Waals surface area contributed by atoms with Crippen molar-refractivity contribution in [2.45, 2.75) is 13.5 Å². The van der Waals surface area contributed by atoms with Crippen molar-refractivity contribution in [2.75, 3.05) is 0 Å². The van der Waals surface area contributed by atoms with Crippen LogP contribution >= 0.6 is 11.6 Å². The summed E-state index contributed by atoms with van der Waals surface area (Å²) in [5.41, 5.74) is 2.55. The van der Waals surface area contributed by atoms with Gasteiger partial charge in [-0.3, -0.25) is 4.98 Å². The summed E-state index contributed by atoms with van der Waals surface area (Å²) in [4.78, 5) is 8.64. The van der Waals surface area contributed by atoms with E-state index < -0.39 is 0 Å². The first-order valence-corrected chi connectivity index (χ1v) is 6.37. The normalized spacial score (nSPS) is 11.1. The maximum atomic E-state index is 9.63. The SMILES string of the molecule is CCn1c(-c2cc(O)ccc2Cl)nc2cnccc21. The van der Waals surface area contributed by atoms with E-state index in [0.29, 0.717) is 5.02 Å². The molecule has 0 radical (unpaired) electrons. The van der Waals surface area contributed by atoms with Crippen molar-refractivity contribution >= 4 is 22.6 Å². The summed E-state index contributed by atoms with van der Waals surface area (Å²) >= 11 is 6.21. The number of hydrogen-bond donors (Lipinski definition) is 1. The third-order valence-electron chi connectivity index (χ3n) is 3.06. The maximum Gasteiger partial charge on any atom is 0.142 e. The van der Waals surface area contributed by atoms with Gasteiger partial charge in [-0.1, -0.05) is 11.6 Å². The van der Waals surface area contributed by atoms with E-state index in [4.69, 9.17) is 11.6 Å². The smallest absolute Gasteiger partial charge is 0.142 e. The molecule has 0 bridgehead atoms. The number of benzene rings is 1. The molecule has 1 N–H and O–H groups in total. The quantitative estimate of drug-likeness (QED) is 0.778. The van der Waals surface area contributed by atoms with Gasteiger partial charge < -0.3 is 9.67 Å². The number of imidazole rings is 1. The second kappa shape index (κ2) is 4.55. The highest BCUT2D eigenvalue weighted by Crippen LogP contribution is 2.32. The molecular weight excluding hydrogens is 262 g/mol. The second-order valence-corrected chi connectivity index (χ2v) is 4.62. The van der Waals surface area contributed by atoms with Crippen LogP contribution in [0.5, 0.6) is 5.75 Å². The van der Waals surface area contributed by atoms with Crippen LogP contribution < -0.4 is 0 Å². The van der Waals surface area contributed by atoms with Crippen molar-refractivity contribution in [3.8, 4) is 17.1 Å². The van der Waals surface area contributed by atoms with Crippen molar-refractivity contribution in [2.24, 2.45) is 0 Å². The van der Waals surface area contributed by atoms with E-state index in [0.717, 1.165) is 29.0 Å². The summed E-state index contributed by atoms with van der Waals surface area (Å²) in [7, 11) is 0. The highest BCUT2D eigenvalue weighted by Gasteiger charge is 2.14. The third-order valence-corrected chi connectivity index (χ3v) is 3.39. The highest BCUT2D eigenvalue weighted by molar-refractivity contribution is 6.33. The summed E-state index contributed by atoms with van der Waals surface area (Å²) in [5, 5.41) is 10.2. The molecule has 0 atom stereocenters. The predicted octanol–water partition coefficient (Wildman–Crippen LogP) is 3.48. The van der Waals surface area contributed by atoms with Crippen LogP contribution in [0.25, 0.3) is 22.4 Å². The minimum atomic E-state index is 0.173. The van der Waals surface area contributed by atoms with Crippen LogP contribution in [0.15, 0.2) is 36.7 Å². The number of nitrogens with zero attached hydrogens (tertiary/aromatic N) is 3. The molecule has 0 unspecified atom stereocenters. The van der Waals surface area contributed by atoms with Gasteiger partial charge >= 0.3 is 0 Å². The standard InChI is InChI=1S/C14H12ClN3O/c1-2-18-13-5-6-16-8-12(13)17-14(18)10-7-9(19)3-4-11(10)15/h3-8,19H,2H2,1H3. The first-order valence-electron chi connectivity index (χ1n) is 6.00. The zero-order valence-electron chi connectivity index (χ0n) is 10.3. The zero-order chi connectivity index (χ0) is 13.4. The molecule has 5 heteroatoms. The number of aryl methyl sites for hydroxylation is 1. The van der Waals surface area contributed by atoms with E-state index in [9.17, 15) is 5.11 Å². The van der Waals surface area contributed by atoms with Crippen LogP contribution in [-0.2, 0) is 6.54 Å². The Hall–Kier alpha value is -2.07. The molecule has 0 aliphatic heterocycles. The van der Waals surface area contributed by atoms with Gasteiger partial charge in [-0.05, 0) is 31.2 Å². The minimum absolute atomic E-state index is 0.173. The molecule has 19 heavy (non-hydrogen) atoms. The molecule has 0 aliphatic carbocycles. The lowest BCUT2D eigenvalue weighted by atomic mass is 10.2. The van der Waals surface area contributed by atoms with Gasteiger partial charge in [0.15, 0.2) is 0 Å². The van der Waals surface area contributed by atoms with Crippen molar-refractivity contribution in [1.82, 2.24) is 14.5 Å². The average Bonchev–Trinajstić information content (AvgIpc) is 2.79. The van der Waals surface area contributed by atoms with Gasteiger partial charge in [-0.25, -0.2) is 4.98 Å². The van der Waals surface area contributed by atoms with Crippen LogP contribution in [-0.4, -0.2) is 19.6 Å². The van der Waals surface area contributed by atoms with Gasteiger partial charge in [0.05, 0.1) is 16.7 Å². The monoisotopic (exact) mass is 273 g/mol. The Balaban J connectivity index is 2.33. The highest BCUT2D eigenvalue weighted by atomic mass is 35.5. The predicted molar refractivity (Wildman–Crippen MR) is 75.3 cm³/mol. The van der Waals surface area contributed by atoms with E-state index in [1.807, 2.05) is 13.0 Å². The van der Waals surface area contributed by atoms with Crippen LogP contribution in [0.2, 0.25) is 5.02 Å². The number of aromatic hydroxyl groups is 1. The molecular formula is C14H12ClN3O. The van der Waals surface area contributed by atoms with Gasteiger partial charge in [-0.2, -0.15) is 0 Å². The van der Waals surface area contributed by atoms with Crippen LogP contribution in [0, 0.1) is 0 Å². The summed E-state index contributed by atoms with van der Waals surface area (Å²) in [6.07, 6.45) is 3.46. The Labute approximate surface area is 115 Å². The van der Waals surface area contributed by atoms with Crippen molar-refractivity contribution in [3.05, 3.63) is 41.7 Å². The van der Waals surface area contributed by atoms with Gasteiger partial charge in [0.25, 0.3) is 0 Å². The van der Waals surface area contributed by atoms with E-state index in [1.165, 1.54) is 0 Å².